The Morgan fingerprint density at radius 3 is 1.33 bits per heavy atom. The number of alkyl halides is 3. The maximum Gasteiger partial charge on any atom is 0.416 e. The van der Waals surface area contributed by atoms with E-state index in [2.05, 4.69) is 9.98 Å². The Labute approximate surface area is 243 Å². The molecule has 43 heavy (non-hydrogen) atoms. The van der Waals surface area contributed by atoms with Crippen LogP contribution in [0.1, 0.15) is 11.1 Å². The zero-order valence-electron chi connectivity index (χ0n) is 22.7. The molecule has 204 valence electrons. The second-order valence-electron chi connectivity index (χ2n) is 10.4. The molecule has 0 atom stereocenters. The van der Waals surface area contributed by atoms with Crippen molar-refractivity contribution >= 4 is 43.1 Å². The van der Waals surface area contributed by atoms with Crippen molar-refractivity contribution in [2.75, 3.05) is 0 Å². The molecule has 0 radical (unpaired) electrons. The highest BCUT2D eigenvalue weighted by Gasteiger charge is 2.31. The second-order valence-corrected chi connectivity index (χ2v) is 10.4. The molecule has 7 heteroatoms. The van der Waals surface area contributed by atoms with Crippen LogP contribution in [0.15, 0.2) is 107 Å². The Bertz CT molecular complexity index is 2440. The predicted octanol–water partition coefficient (Wildman–Crippen LogP) is 8.60. The van der Waals surface area contributed by atoms with Gasteiger partial charge in [-0.1, -0.05) is 90.5 Å². The molecule has 7 rings (SSSR count). The Kier molecular flexibility index (Phi) is 5.86. The van der Waals surface area contributed by atoms with E-state index in [1.807, 2.05) is 92.1 Å². The van der Waals surface area contributed by atoms with Crippen molar-refractivity contribution in [2.24, 2.45) is 9.98 Å². The van der Waals surface area contributed by atoms with E-state index in [-0.39, 0.29) is 0 Å². The van der Waals surface area contributed by atoms with E-state index < -0.39 is 11.7 Å². The first-order chi connectivity index (χ1) is 20.8. The number of hydrogen-bond acceptors (Lipinski definition) is 4. The van der Waals surface area contributed by atoms with Crippen molar-refractivity contribution in [3.05, 3.63) is 119 Å². The fourth-order valence-electron chi connectivity index (χ4n) is 6.30. The quantitative estimate of drug-likeness (QED) is 0.197. The van der Waals surface area contributed by atoms with Crippen LogP contribution < -0.4 is 10.7 Å². The number of hydrogen-bond donors (Lipinski definition) is 0. The molecule has 0 N–H and O–H groups in total. The van der Waals surface area contributed by atoms with E-state index in [0.29, 0.717) is 32.6 Å². The molecule has 0 saturated carbocycles. The molecular weight excluding hydrogens is 545 g/mol. The summed E-state index contributed by atoms with van der Waals surface area (Å²) in [5, 5.41) is 26.6. The lowest BCUT2D eigenvalue weighted by molar-refractivity contribution is -0.137. The Morgan fingerprint density at radius 1 is 0.535 bits per heavy atom. The van der Waals surface area contributed by atoms with Crippen LogP contribution >= 0.6 is 0 Å². The van der Waals surface area contributed by atoms with Gasteiger partial charge in [-0.2, -0.15) is 33.7 Å². The van der Waals surface area contributed by atoms with Gasteiger partial charge in [-0.05, 0) is 41.0 Å². The monoisotopic (exact) mass is 564 g/mol. The zero-order chi connectivity index (χ0) is 29.9. The topological polar surface area (TPSA) is 72.3 Å². The number of nitrogens with zero attached hydrogens (tertiary/aromatic N) is 4. The van der Waals surface area contributed by atoms with Gasteiger partial charge in [-0.15, -0.1) is 0 Å². The van der Waals surface area contributed by atoms with Crippen LogP contribution in [0.5, 0.6) is 0 Å². The summed E-state index contributed by atoms with van der Waals surface area (Å²) in [7, 11) is 0. The number of halogens is 3. The third kappa shape index (κ3) is 3.90. The fourth-order valence-corrected chi connectivity index (χ4v) is 6.30. The average molecular weight is 565 g/mol. The van der Waals surface area contributed by atoms with Crippen LogP contribution in [0.2, 0.25) is 0 Å². The number of rotatable bonds is 2. The molecule has 0 spiro atoms. The molecule has 0 aliphatic carbocycles. The van der Waals surface area contributed by atoms with E-state index in [0.717, 1.165) is 61.1 Å². The van der Waals surface area contributed by atoms with E-state index >= 15 is 0 Å². The maximum absolute atomic E-state index is 13.6. The minimum atomic E-state index is -4.50. The van der Waals surface area contributed by atoms with Crippen molar-refractivity contribution in [1.82, 2.24) is 0 Å². The van der Waals surface area contributed by atoms with Crippen LogP contribution in [0.4, 0.5) is 13.2 Å². The lowest BCUT2D eigenvalue weighted by Gasteiger charge is -2.15. The Morgan fingerprint density at radius 2 is 0.930 bits per heavy atom. The first kappa shape index (κ1) is 26.1. The van der Waals surface area contributed by atoms with E-state index in [1.54, 1.807) is 0 Å². The maximum atomic E-state index is 13.6. The molecule has 7 aromatic rings. The number of aryl methyl sites for hydroxylation is 1. The van der Waals surface area contributed by atoms with Gasteiger partial charge in [0.05, 0.1) is 16.3 Å². The molecule has 4 nitrogen and oxygen atoms in total. The normalized spacial score (nSPS) is 12.9. The summed E-state index contributed by atoms with van der Waals surface area (Å²) in [6.45, 7) is 2.00. The van der Waals surface area contributed by atoms with Crippen LogP contribution in [0, 0.1) is 29.8 Å². The van der Waals surface area contributed by atoms with Gasteiger partial charge in [0.15, 0.2) is 0 Å². The summed E-state index contributed by atoms with van der Waals surface area (Å²) in [5.74, 6) is 0. The van der Waals surface area contributed by atoms with Crippen LogP contribution in [-0.4, -0.2) is 0 Å². The van der Waals surface area contributed by atoms with Crippen molar-refractivity contribution in [3.8, 4) is 34.6 Å². The molecule has 0 aliphatic rings. The minimum absolute atomic E-state index is 0.447. The lowest BCUT2D eigenvalue weighted by atomic mass is 9.87. The van der Waals surface area contributed by atoms with Crippen molar-refractivity contribution in [3.63, 3.8) is 0 Å². The molecule has 0 unspecified atom stereocenters. The number of benzene rings is 5. The summed E-state index contributed by atoms with van der Waals surface area (Å²) in [6, 6.07) is 28.3. The van der Waals surface area contributed by atoms with Gasteiger partial charge in [0.1, 0.15) is 0 Å². The molecule has 0 saturated heterocycles. The molecule has 0 fully saturated rings. The van der Waals surface area contributed by atoms with Gasteiger partial charge in [-0.3, -0.25) is 0 Å². The summed E-state index contributed by atoms with van der Waals surface area (Å²) >= 11 is 0. The highest BCUT2D eigenvalue weighted by Crippen LogP contribution is 2.47. The summed E-state index contributed by atoms with van der Waals surface area (Å²) < 4.78 is 40.8. The first-order valence-corrected chi connectivity index (χ1v) is 13.5. The molecule has 0 aliphatic heterocycles. The largest absolute Gasteiger partial charge is 0.416 e. The second kappa shape index (κ2) is 9.65. The minimum Gasteiger partial charge on any atom is -0.172 e. The van der Waals surface area contributed by atoms with Crippen LogP contribution in [0.25, 0.3) is 65.3 Å². The molecule has 0 aromatic heterocycles. The zero-order valence-corrected chi connectivity index (χ0v) is 22.7. The fraction of sp³-hybridized carbons (Fsp3) is 0.0556. The highest BCUT2D eigenvalue weighted by atomic mass is 19.4. The van der Waals surface area contributed by atoms with Gasteiger partial charge >= 0.3 is 6.18 Å². The van der Waals surface area contributed by atoms with Gasteiger partial charge in [0.2, 0.25) is 12.4 Å². The lowest BCUT2D eigenvalue weighted by Crippen LogP contribution is -2.05. The molecular formula is C36H19F3N4. The molecule has 0 bridgehead atoms. The van der Waals surface area contributed by atoms with Crippen LogP contribution in [-0.2, 0) is 6.18 Å². The Balaban J connectivity index is 1.87. The van der Waals surface area contributed by atoms with Gasteiger partial charge < -0.3 is 0 Å². The third-order valence-electron chi connectivity index (χ3n) is 8.04. The average Bonchev–Trinajstić information content (AvgIpc) is 3.50. The number of nitriles is 2. The molecule has 7 aromatic carbocycles. The van der Waals surface area contributed by atoms with Crippen molar-refractivity contribution in [1.29, 1.82) is 10.5 Å². The SMILES string of the molecule is Cc1ccc(-c2c3/c(=N/C#N)c4ccccc4c3c(-c3ccc(C(F)(F)F)cc3)c3/c(=N/C#N)c4ccccc4c23)cc1. The van der Waals surface area contributed by atoms with Crippen molar-refractivity contribution < 1.29 is 13.2 Å². The number of fused-ring (bicyclic) bond motifs is 6. The van der Waals surface area contributed by atoms with E-state index in [4.69, 9.17) is 0 Å². The van der Waals surface area contributed by atoms with E-state index in [9.17, 15) is 23.7 Å². The van der Waals surface area contributed by atoms with E-state index in [1.165, 1.54) is 12.1 Å². The predicted molar refractivity (Wildman–Crippen MR) is 162 cm³/mol. The van der Waals surface area contributed by atoms with Gasteiger partial charge in [0, 0.05) is 43.4 Å². The van der Waals surface area contributed by atoms with Crippen LogP contribution in [0.3, 0.4) is 0 Å². The van der Waals surface area contributed by atoms with Gasteiger partial charge in [0.25, 0.3) is 0 Å². The smallest absolute Gasteiger partial charge is 0.172 e. The third-order valence-corrected chi connectivity index (χ3v) is 8.04. The summed E-state index contributed by atoms with van der Waals surface area (Å²) in [6.07, 6.45) is -0.571. The Hall–Kier alpha value is -5.79. The highest BCUT2D eigenvalue weighted by molar-refractivity contribution is 6.34. The molecule has 0 heterocycles. The summed E-state index contributed by atoms with van der Waals surface area (Å²) in [4.78, 5) is 8.61. The standard InChI is InChI=1S/C36H19F3N4/c1-20-10-12-21(13-11-20)28-30-24-6-2-4-8-26(24)35(43-19-41)33(30)29(22-14-16-23(17-15-22)36(37,38)39)31-25-7-3-5-9-27(25)34(32(28)31)42-18-40/h2-17H,1H3/b42-34+,43-35+. The van der Waals surface area contributed by atoms with Crippen molar-refractivity contribution in [2.45, 2.75) is 13.1 Å². The molecule has 0 amide bonds. The summed E-state index contributed by atoms with van der Waals surface area (Å²) in [5.41, 5.74) is 3.17. The first-order valence-electron chi connectivity index (χ1n) is 13.5. The van der Waals surface area contributed by atoms with Gasteiger partial charge in [-0.25, -0.2) is 0 Å².